The normalized spacial score (nSPS) is 14.7. The monoisotopic (exact) mass is 316 g/mol. The van der Waals surface area contributed by atoms with Crippen molar-refractivity contribution in [1.29, 1.82) is 0 Å². The Morgan fingerprint density at radius 2 is 2.20 bits per heavy atom. The summed E-state index contributed by atoms with van der Waals surface area (Å²) in [5, 5.41) is 0.108. The smallest absolute Gasteiger partial charge is 0.128 e. The van der Waals surface area contributed by atoms with Gasteiger partial charge in [-0.25, -0.2) is 9.37 Å². The molecule has 2 atom stereocenters. The van der Waals surface area contributed by atoms with Crippen molar-refractivity contribution in [2.45, 2.75) is 37.9 Å². The SMILES string of the molecule is Cc1cc2c(cc1F)nc(CCl)n2CCC(C)S(C)=O. The Bertz CT molecular complexity index is 656. The zero-order chi connectivity index (χ0) is 14.9. The topological polar surface area (TPSA) is 34.9 Å². The van der Waals surface area contributed by atoms with Gasteiger partial charge in [0.15, 0.2) is 0 Å². The molecule has 0 aliphatic heterocycles. The maximum Gasteiger partial charge on any atom is 0.128 e. The third kappa shape index (κ3) is 3.04. The first-order valence-corrected chi connectivity index (χ1v) is 8.63. The Morgan fingerprint density at radius 3 is 2.80 bits per heavy atom. The van der Waals surface area contributed by atoms with Gasteiger partial charge in [-0.1, -0.05) is 6.92 Å². The maximum atomic E-state index is 13.6. The molecule has 0 saturated heterocycles. The Balaban J connectivity index is 2.40. The summed E-state index contributed by atoms with van der Waals surface area (Å²) in [5.41, 5.74) is 2.09. The van der Waals surface area contributed by atoms with Crippen molar-refractivity contribution in [3.05, 3.63) is 29.3 Å². The summed E-state index contributed by atoms with van der Waals surface area (Å²) >= 11 is 5.92. The molecule has 2 rings (SSSR count). The Hall–Kier alpha value is -0.940. The highest BCUT2D eigenvalue weighted by Gasteiger charge is 2.14. The van der Waals surface area contributed by atoms with Crippen LogP contribution in [0.4, 0.5) is 4.39 Å². The van der Waals surface area contributed by atoms with E-state index in [-0.39, 0.29) is 16.9 Å². The number of halogens is 2. The summed E-state index contributed by atoms with van der Waals surface area (Å²) in [5.74, 6) is 0.742. The summed E-state index contributed by atoms with van der Waals surface area (Å²) in [6.07, 6.45) is 2.48. The van der Waals surface area contributed by atoms with E-state index >= 15 is 0 Å². The molecule has 0 amide bonds. The molecular formula is C14H18ClFN2OS. The van der Waals surface area contributed by atoms with E-state index in [2.05, 4.69) is 4.98 Å². The van der Waals surface area contributed by atoms with E-state index in [0.717, 1.165) is 17.8 Å². The van der Waals surface area contributed by atoms with Gasteiger partial charge in [0.2, 0.25) is 0 Å². The molecule has 0 aliphatic rings. The van der Waals surface area contributed by atoms with Gasteiger partial charge < -0.3 is 4.57 Å². The Labute approximate surface area is 125 Å². The fourth-order valence-electron chi connectivity index (χ4n) is 2.13. The van der Waals surface area contributed by atoms with Gasteiger partial charge in [0.25, 0.3) is 0 Å². The predicted octanol–water partition coefficient (Wildman–Crippen LogP) is 3.38. The molecule has 6 heteroatoms. The molecule has 2 aromatic rings. The van der Waals surface area contributed by atoms with Gasteiger partial charge in [0.05, 0.1) is 16.9 Å². The highest BCUT2D eigenvalue weighted by molar-refractivity contribution is 7.84. The lowest BCUT2D eigenvalue weighted by Crippen LogP contribution is -2.14. The molecule has 2 unspecified atom stereocenters. The molecule has 20 heavy (non-hydrogen) atoms. The zero-order valence-corrected chi connectivity index (χ0v) is 13.4. The summed E-state index contributed by atoms with van der Waals surface area (Å²) in [4.78, 5) is 4.37. The van der Waals surface area contributed by atoms with Crippen LogP contribution in [0.2, 0.25) is 0 Å². The third-order valence-corrected chi connectivity index (χ3v) is 5.16. The number of aryl methyl sites for hydroxylation is 2. The lowest BCUT2D eigenvalue weighted by molar-refractivity contribution is 0.614. The summed E-state index contributed by atoms with van der Waals surface area (Å²) in [7, 11) is -0.849. The summed E-state index contributed by atoms with van der Waals surface area (Å²) in [6.45, 7) is 4.38. The Kier molecular flexibility index (Phi) is 4.81. The number of nitrogens with zero attached hydrogens (tertiary/aromatic N) is 2. The van der Waals surface area contributed by atoms with E-state index in [0.29, 0.717) is 17.6 Å². The van der Waals surface area contributed by atoms with E-state index in [1.165, 1.54) is 6.07 Å². The van der Waals surface area contributed by atoms with Gasteiger partial charge in [-0.2, -0.15) is 0 Å². The number of benzene rings is 1. The lowest BCUT2D eigenvalue weighted by atomic mass is 10.2. The van der Waals surface area contributed by atoms with E-state index in [4.69, 9.17) is 11.6 Å². The average Bonchev–Trinajstić information content (AvgIpc) is 2.73. The van der Waals surface area contributed by atoms with Crippen molar-refractivity contribution in [2.24, 2.45) is 0 Å². The fourth-order valence-corrected chi connectivity index (χ4v) is 2.77. The van der Waals surface area contributed by atoms with E-state index in [1.54, 1.807) is 19.2 Å². The number of imidazole rings is 1. The second-order valence-corrected chi connectivity index (χ2v) is 7.07. The van der Waals surface area contributed by atoms with Gasteiger partial charge in [-0.15, -0.1) is 11.6 Å². The number of aromatic nitrogens is 2. The number of alkyl halides is 1. The largest absolute Gasteiger partial charge is 0.327 e. The number of fused-ring (bicyclic) bond motifs is 1. The zero-order valence-electron chi connectivity index (χ0n) is 11.8. The number of hydrogen-bond donors (Lipinski definition) is 0. The molecule has 110 valence electrons. The molecule has 0 saturated carbocycles. The molecule has 1 aromatic carbocycles. The van der Waals surface area contributed by atoms with Crippen LogP contribution >= 0.6 is 11.6 Å². The minimum Gasteiger partial charge on any atom is -0.327 e. The van der Waals surface area contributed by atoms with Crippen LogP contribution in [-0.2, 0) is 23.2 Å². The average molecular weight is 317 g/mol. The second kappa shape index (κ2) is 6.22. The van der Waals surface area contributed by atoms with Crippen molar-refractivity contribution in [3.8, 4) is 0 Å². The quantitative estimate of drug-likeness (QED) is 0.793. The molecule has 1 heterocycles. The minimum absolute atomic E-state index is 0.108. The van der Waals surface area contributed by atoms with Crippen LogP contribution in [0.15, 0.2) is 12.1 Å². The fraction of sp³-hybridized carbons (Fsp3) is 0.500. The molecule has 0 bridgehead atoms. The van der Waals surface area contributed by atoms with E-state index < -0.39 is 10.8 Å². The highest BCUT2D eigenvalue weighted by atomic mass is 35.5. The molecule has 1 aromatic heterocycles. The molecule has 0 fully saturated rings. The predicted molar refractivity (Wildman–Crippen MR) is 82.1 cm³/mol. The van der Waals surface area contributed by atoms with Gasteiger partial charge >= 0.3 is 0 Å². The van der Waals surface area contributed by atoms with Gasteiger partial charge in [0, 0.05) is 34.9 Å². The first-order chi connectivity index (χ1) is 9.43. The summed E-state index contributed by atoms with van der Waals surface area (Å²) in [6, 6.07) is 3.24. The van der Waals surface area contributed by atoms with Gasteiger partial charge in [0.1, 0.15) is 11.6 Å². The van der Waals surface area contributed by atoms with E-state index in [1.807, 2.05) is 11.5 Å². The van der Waals surface area contributed by atoms with Crippen LogP contribution in [0.1, 0.15) is 24.7 Å². The molecular weight excluding hydrogens is 299 g/mol. The van der Waals surface area contributed by atoms with E-state index in [9.17, 15) is 8.60 Å². The minimum atomic E-state index is -0.849. The first kappa shape index (κ1) is 15.4. The first-order valence-electron chi connectivity index (χ1n) is 6.47. The second-order valence-electron chi connectivity index (χ2n) is 5.00. The van der Waals surface area contributed by atoms with Crippen LogP contribution < -0.4 is 0 Å². The van der Waals surface area contributed by atoms with Gasteiger partial charge in [-0.05, 0) is 25.0 Å². The van der Waals surface area contributed by atoms with Crippen LogP contribution in [-0.4, -0.2) is 25.3 Å². The number of hydrogen-bond acceptors (Lipinski definition) is 2. The lowest BCUT2D eigenvalue weighted by Gasteiger charge is -2.11. The molecule has 3 nitrogen and oxygen atoms in total. The van der Waals surface area contributed by atoms with Crippen molar-refractivity contribution in [2.75, 3.05) is 6.26 Å². The van der Waals surface area contributed by atoms with Crippen molar-refractivity contribution >= 4 is 33.4 Å². The molecule has 0 N–H and O–H groups in total. The van der Waals surface area contributed by atoms with Crippen molar-refractivity contribution in [1.82, 2.24) is 9.55 Å². The molecule has 0 spiro atoms. The van der Waals surface area contributed by atoms with Crippen molar-refractivity contribution < 1.29 is 8.60 Å². The maximum absolute atomic E-state index is 13.6. The van der Waals surface area contributed by atoms with Crippen LogP contribution in [0.5, 0.6) is 0 Å². The van der Waals surface area contributed by atoms with Crippen LogP contribution in [0.25, 0.3) is 11.0 Å². The number of rotatable bonds is 5. The molecule has 0 aliphatic carbocycles. The van der Waals surface area contributed by atoms with Crippen LogP contribution in [0, 0.1) is 12.7 Å². The van der Waals surface area contributed by atoms with Crippen LogP contribution in [0.3, 0.4) is 0 Å². The standard InChI is InChI=1S/C14H18ClFN2OS/c1-9-6-13-12(7-11(9)16)17-14(8-15)18(13)5-4-10(2)20(3)19/h6-7,10H,4-5,8H2,1-3H3. The summed E-state index contributed by atoms with van der Waals surface area (Å²) < 4.78 is 27.0. The Morgan fingerprint density at radius 1 is 1.50 bits per heavy atom. The van der Waals surface area contributed by atoms with Crippen molar-refractivity contribution in [3.63, 3.8) is 0 Å². The van der Waals surface area contributed by atoms with Gasteiger partial charge in [-0.3, -0.25) is 4.21 Å². The highest BCUT2D eigenvalue weighted by Crippen LogP contribution is 2.22. The molecule has 0 radical (unpaired) electrons. The third-order valence-electron chi connectivity index (χ3n) is 3.55.